The van der Waals surface area contributed by atoms with Gasteiger partial charge >= 0.3 is 6.20 Å². The second-order valence-electron chi connectivity index (χ2n) is 7.37. The second kappa shape index (κ2) is 8.18. The highest BCUT2D eigenvalue weighted by atomic mass is 28.4. The van der Waals surface area contributed by atoms with E-state index in [2.05, 4.69) is 35.8 Å². The summed E-state index contributed by atoms with van der Waals surface area (Å²) < 4.78 is 6.22. The van der Waals surface area contributed by atoms with Gasteiger partial charge in [-0.1, -0.05) is 39.7 Å². The van der Waals surface area contributed by atoms with Gasteiger partial charge in [0.1, 0.15) is 6.10 Å². The first kappa shape index (κ1) is 20.4. The molecule has 0 spiro atoms. The summed E-state index contributed by atoms with van der Waals surface area (Å²) in [5.74, 6) is 0.0326. The summed E-state index contributed by atoms with van der Waals surface area (Å²) >= 11 is 0. The Morgan fingerprint density at radius 3 is 2.32 bits per heavy atom. The molecule has 0 aliphatic rings. The van der Waals surface area contributed by atoms with Gasteiger partial charge in [-0.05, 0) is 36.0 Å². The Kier molecular flexibility index (Phi) is 7.60. The van der Waals surface area contributed by atoms with Gasteiger partial charge in [-0.15, -0.1) is 0 Å². The maximum atomic E-state index is 10.2. The third-order valence-corrected chi connectivity index (χ3v) is 8.43. The number of rotatable bonds is 7. The van der Waals surface area contributed by atoms with Crippen molar-refractivity contribution < 1.29 is 9.53 Å². The maximum absolute atomic E-state index is 10.2. The molecule has 0 amide bonds. The Balaban J connectivity index is 5.68. The largest absolute Gasteiger partial charge is 0.504 e. The quantitative estimate of drug-likeness (QED) is 0.170. The maximum Gasteiger partial charge on any atom is 0.390 e. The van der Waals surface area contributed by atoms with Crippen LogP contribution in [0.4, 0.5) is 0 Å². The summed E-state index contributed by atoms with van der Waals surface area (Å²) in [5, 5.41) is 22.6. The Morgan fingerprint density at radius 2 is 1.95 bits per heavy atom. The summed E-state index contributed by atoms with van der Waals surface area (Å²) in [4.78, 5) is 5.73. The van der Waals surface area contributed by atoms with Gasteiger partial charge in [0.05, 0.1) is 6.04 Å². The van der Waals surface area contributed by atoms with E-state index in [1.807, 2.05) is 26.9 Å². The summed E-state index contributed by atoms with van der Waals surface area (Å²) in [6.45, 7) is 14.3. The van der Waals surface area contributed by atoms with Gasteiger partial charge in [0, 0.05) is 4.91 Å². The number of nitrogens with zero attached hydrogens (tertiary/aromatic N) is 5. The number of aliphatic hydroxyl groups is 1. The molecule has 0 saturated heterocycles. The van der Waals surface area contributed by atoms with Gasteiger partial charge in [-0.2, -0.15) is 0 Å². The molecular weight excluding hydrogens is 298 g/mol. The summed E-state index contributed by atoms with van der Waals surface area (Å²) in [6, 6.07) is -0.558. The van der Waals surface area contributed by atoms with Crippen molar-refractivity contribution in [2.45, 2.75) is 71.3 Å². The van der Waals surface area contributed by atoms with E-state index in [-0.39, 0.29) is 16.7 Å². The van der Waals surface area contributed by atoms with Gasteiger partial charge in [0.25, 0.3) is 0 Å². The molecule has 8 heteroatoms. The molecule has 0 saturated carbocycles. The average Bonchev–Trinajstić information content (AvgIpc) is 2.33. The van der Waals surface area contributed by atoms with Crippen LogP contribution in [0, 0.1) is 11.3 Å². The summed E-state index contributed by atoms with van der Waals surface area (Å²) in [6.07, 6.45) is 0.681. The van der Waals surface area contributed by atoms with Crippen LogP contribution >= 0.6 is 0 Å². The molecule has 124 valence electrons. The van der Waals surface area contributed by atoms with E-state index in [1.165, 1.54) is 0 Å². The van der Waals surface area contributed by atoms with Gasteiger partial charge in [0.15, 0.2) is 13.3 Å². The molecule has 0 rings (SSSR count). The monoisotopic (exact) mass is 326 g/mol. The molecule has 1 N–H and O–H groups in total. The molecule has 0 aliphatic heterocycles. The fourth-order valence-corrected chi connectivity index (χ4v) is 3.01. The van der Waals surface area contributed by atoms with E-state index in [9.17, 15) is 5.11 Å². The lowest BCUT2D eigenvalue weighted by Gasteiger charge is -2.40. The minimum atomic E-state index is -2.21. The van der Waals surface area contributed by atoms with E-state index >= 15 is 0 Å². The molecule has 7 nitrogen and oxygen atoms in total. The van der Waals surface area contributed by atoms with Gasteiger partial charge in [-0.3, -0.25) is 0 Å². The molecule has 0 fully saturated rings. The SMILES string of the molecule is CC(C)C[C@H](N=[N+]=[N-])[C@@H](O[Si](C)(C)C(C)(C)C)/C(O)=C/[N+]#N. The normalized spacial score (nSPS) is 15.9. The Bertz CT molecular complexity index is 484. The standard InChI is InChI=1S/C14H27N5O2Si/c1-10(2)8-11(18-19-16)13(12(20)9-17-15)21-22(6,7)14(3,4)5/h9-11,13H,8H2,1-7H3/p+1/b12-9-/t11-,13+/m0/s1. The van der Waals surface area contributed by atoms with Crippen molar-refractivity contribution >= 4 is 8.32 Å². The lowest BCUT2D eigenvalue weighted by Crippen LogP contribution is -2.47. The van der Waals surface area contributed by atoms with Crippen LogP contribution in [-0.4, -0.2) is 25.6 Å². The van der Waals surface area contributed by atoms with Crippen LogP contribution in [0.3, 0.4) is 0 Å². The van der Waals surface area contributed by atoms with Crippen molar-refractivity contribution in [1.29, 1.82) is 5.39 Å². The molecule has 22 heavy (non-hydrogen) atoms. The van der Waals surface area contributed by atoms with E-state index < -0.39 is 20.5 Å². The lowest BCUT2D eigenvalue weighted by atomic mass is 9.99. The topological polar surface area (TPSA) is 106 Å². The van der Waals surface area contributed by atoms with Crippen molar-refractivity contribution in [3.63, 3.8) is 0 Å². The number of diazo groups is 1. The van der Waals surface area contributed by atoms with Crippen molar-refractivity contribution in [2.24, 2.45) is 11.0 Å². The van der Waals surface area contributed by atoms with Gasteiger partial charge in [-0.25, -0.2) is 0 Å². The number of hydrogen-bond donors (Lipinski definition) is 1. The fourth-order valence-electron chi connectivity index (χ4n) is 1.74. The molecule has 0 aromatic heterocycles. The lowest BCUT2D eigenvalue weighted by molar-refractivity contribution is 0.127. The molecule has 0 aliphatic carbocycles. The van der Waals surface area contributed by atoms with Crippen LogP contribution in [0.25, 0.3) is 15.4 Å². The van der Waals surface area contributed by atoms with Crippen molar-refractivity contribution in [2.75, 3.05) is 0 Å². The second-order valence-corrected chi connectivity index (χ2v) is 12.1. The van der Waals surface area contributed by atoms with Gasteiger partial charge in [0.2, 0.25) is 11.2 Å². The van der Waals surface area contributed by atoms with E-state index in [4.69, 9.17) is 15.3 Å². The van der Waals surface area contributed by atoms with Crippen LogP contribution in [0.5, 0.6) is 0 Å². The third-order valence-electron chi connectivity index (χ3n) is 3.97. The highest BCUT2D eigenvalue weighted by molar-refractivity contribution is 6.74. The third kappa shape index (κ3) is 6.06. The van der Waals surface area contributed by atoms with E-state index in [0.29, 0.717) is 6.42 Å². The first-order chi connectivity index (χ1) is 9.96. The average molecular weight is 326 g/mol. The molecule has 0 unspecified atom stereocenters. The fraction of sp³-hybridized carbons (Fsp3) is 0.857. The van der Waals surface area contributed by atoms with E-state index in [0.717, 1.165) is 6.20 Å². The minimum absolute atomic E-state index is 0.0688. The first-order valence-corrected chi connectivity index (χ1v) is 10.3. The molecule has 0 heterocycles. The number of hydrogen-bond acceptors (Lipinski definition) is 4. The Hall–Kier alpha value is -1.55. The van der Waals surface area contributed by atoms with E-state index in [1.54, 1.807) is 0 Å². The molecule has 0 aromatic carbocycles. The number of azide groups is 1. The molecule has 0 bridgehead atoms. The predicted octanol–water partition coefficient (Wildman–Crippen LogP) is 5.35. The zero-order valence-corrected chi connectivity index (χ0v) is 15.6. The van der Waals surface area contributed by atoms with Crippen LogP contribution in [0.2, 0.25) is 18.1 Å². The van der Waals surface area contributed by atoms with Crippen LogP contribution < -0.4 is 0 Å². The van der Waals surface area contributed by atoms with Crippen LogP contribution in [-0.2, 0) is 4.43 Å². The highest BCUT2D eigenvalue weighted by Gasteiger charge is 2.42. The zero-order valence-electron chi connectivity index (χ0n) is 14.6. The minimum Gasteiger partial charge on any atom is -0.504 e. The highest BCUT2D eigenvalue weighted by Crippen LogP contribution is 2.39. The Morgan fingerprint density at radius 1 is 1.41 bits per heavy atom. The zero-order chi connectivity index (χ0) is 17.6. The van der Waals surface area contributed by atoms with Crippen molar-refractivity contribution in [3.05, 3.63) is 27.4 Å². The van der Waals surface area contributed by atoms with Gasteiger partial charge < -0.3 is 9.53 Å². The summed E-state index contributed by atoms with van der Waals surface area (Å²) in [5.41, 5.74) is 8.81. The van der Waals surface area contributed by atoms with Crippen LogP contribution in [0.1, 0.15) is 41.0 Å². The number of aliphatic hydroxyl groups excluding tert-OH is 1. The molecule has 2 atom stereocenters. The van der Waals surface area contributed by atoms with Crippen molar-refractivity contribution in [3.8, 4) is 0 Å². The first-order valence-electron chi connectivity index (χ1n) is 7.41. The van der Waals surface area contributed by atoms with Crippen molar-refractivity contribution in [1.82, 2.24) is 0 Å². The summed E-state index contributed by atoms with van der Waals surface area (Å²) in [7, 11) is -2.21. The molecular formula is C14H28N5O2Si+. The molecule has 0 radical (unpaired) electrons. The Labute approximate surface area is 133 Å². The predicted molar refractivity (Wildman–Crippen MR) is 90.3 cm³/mol. The molecule has 0 aromatic rings. The smallest absolute Gasteiger partial charge is 0.390 e. The van der Waals surface area contributed by atoms with Crippen LogP contribution in [0.15, 0.2) is 17.1 Å².